The van der Waals surface area contributed by atoms with Gasteiger partial charge in [0.25, 0.3) is 0 Å². The fourth-order valence-corrected chi connectivity index (χ4v) is 6.44. The molecular weight excluding hydrogens is 1030 g/mol. The minimum Gasteiger partial charge on any atom is -0.508 e. The van der Waals surface area contributed by atoms with Crippen LogP contribution in [0, 0.1) is 0 Å². The highest BCUT2D eigenvalue weighted by atomic mass is 16.6. The molecule has 0 saturated heterocycles. The van der Waals surface area contributed by atoms with Crippen LogP contribution in [-0.2, 0) is 80.9 Å². The van der Waals surface area contributed by atoms with Crippen molar-refractivity contribution in [2.75, 3.05) is 125 Å². The predicted molar refractivity (Wildman–Crippen MR) is 281 cm³/mol. The number of carbonyl (C=O) groups is 8. The molecule has 26 nitrogen and oxygen atoms in total. The monoisotopic (exact) mass is 1120 g/mol. The van der Waals surface area contributed by atoms with E-state index in [2.05, 4.69) is 31.9 Å². The summed E-state index contributed by atoms with van der Waals surface area (Å²) in [6, 6.07) is 2.92. The molecule has 0 aliphatic rings. The summed E-state index contributed by atoms with van der Waals surface area (Å²) >= 11 is 0. The van der Waals surface area contributed by atoms with Crippen LogP contribution in [0.2, 0.25) is 0 Å². The van der Waals surface area contributed by atoms with E-state index in [1.807, 2.05) is 0 Å². The van der Waals surface area contributed by atoms with E-state index in [1.165, 1.54) is 31.2 Å². The maximum atomic E-state index is 13.2. The minimum atomic E-state index is -1.25. The standard InChI is InChI=1S/C52H88N6O20/c1-38(59)56-41(10-8-9-19-55-50(68)78-52(5,6)7)47(64)53-20-24-71-28-32-75-36-35-74-31-27-70-23-18-44(62)58-46(39-11-13-40(60)14-12-39)48(65)54-21-25-72-29-33-76-37-34-73-30-26-69-22-17-43(61)57-42(49(66)67)15-16-45(63)77-51(2,3)4/h11-14,41-42,46,60H,8-10,15-37H2,1-7H3,(H,53,64)(H,54,65)(H,55,68)(H,56,59)(H,57,61)(H,58,62)(H,66,67). The van der Waals surface area contributed by atoms with Crippen molar-refractivity contribution in [3.63, 3.8) is 0 Å². The van der Waals surface area contributed by atoms with Crippen LogP contribution in [0.1, 0.15) is 105 Å². The highest BCUT2D eigenvalue weighted by molar-refractivity contribution is 5.89. The van der Waals surface area contributed by atoms with E-state index < -0.39 is 65.1 Å². The number of esters is 1. The SMILES string of the molecule is CC(=O)NC(CCCCNC(=O)OC(C)(C)C)C(=O)NCCOCCOCCOCCOCCC(=O)NC(C(=O)NCCOCCOCCOCCOCCC(=O)NC(CCC(=O)OC(C)(C)C)C(=O)O)c1ccc(O)cc1. The number of carbonyl (C=O) groups excluding carboxylic acids is 7. The zero-order valence-corrected chi connectivity index (χ0v) is 46.7. The van der Waals surface area contributed by atoms with Crippen LogP contribution in [0.4, 0.5) is 4.79 Å². The lowest BCUT2D eigenvalue weighted by Crippen LogP contribution is -2.46. The summed E-state index contributed by atoms with van der Waals surface area (Å²) in [6.45, 7) is 16.3. The number of rotatable bonds is 45. The Morgan fingerprint density at radius 2 is 0.910 bits per heavy atom. The number of phenols is 1. The number of hydrogen-bond acceptors (Lipinski definition) is 19. The van der Waals surface area contributed by atoms with Gasteiger partial charge < -0.3 is 89.5 Å². The van der Waals surface area contributed by atoms with E-state index in [1.54, 1.807) is 41.5 Å². The Hall–Kier alpha value is -5.74. The zero-order chi connectivity index (χ0) is 58.0. The van der Waals surface area contributed by atoms with E-state index in [9.17, 15) is 48.6 Å². The van der Waals surface area contributed by atoms with Gasteiger partial charge in [-0.2, -0.15) is 0 Å². The number of carboxylic acid groups (broad SMARTS) is 1. The Kier molecular flexibility index (Phi) is 38.1. The van der Waals surface area contributed by atoms with E-state index in [0.29, 0.717) is 57.8 Å². The van der Waals surface area contributed by atoms with Crippen LogP contribution in [0.3, 0.4) is 0 Å². The van der Waals surface area contributed by atoms with Gasteiger partial charge in [-0.05, 0) is 84.9 Å². The molecule has 78 heavy (non-hydrogen) atoms. The third-order valence-corrected chi connectivity index (χ3v) is 10.0. The van der Waals surface area contributed by atoms with Crippen molar-refractivity contribution in [3.8, 4) is 5.75 Å². The van der Waals surface area contributed by atoms with Gasteiger partial charge in [-0.25, -0.2) is 9.59 Å². The summed E-state index contributed by atoms with van der Waals surface area (Å²) in [6.07, 6.45) is 0.734. The lowest BCUT2D eigenvalue weighted by atomic mass is 10.1. The summed E-state index contributed by atoms with van der Waals surface area (Å²) in [5.74, 6) is -3.89. The Bertz CT molecular complexity index is 1880. The van der Waals surface area contributed by atoms with E-state index in [4.69, 9.17) is 47.4 Å². The molecule has 6 amide bonds. The van der Waals surface area contributed by atoms with Gasteiger partial charge in [0.1, 0.15) is 35.1 Å². The number of ether oxygens (including phenoxy) is 10. The molecule has 3 atom stereocenters. The topological polar surface area (TPSA) is 342 Å². The fourth-order valence-electron chi connectivity index (χ4n) is 6.44. The van der Waals surface area contributed by atoms with Gasteiger partial charge in [-0.15, -0.1) is 0 Å². The van der Waals surface area contributed by atoms with Gasteiger partial charge in [0.15, 0.2) is 0 Å². The molecule has 0 spiro atoms. The predicted octanol–water partition coefficient (Wildman–Crippen LogP) is 1.59. The maximum Gasteiger partial charge on any atom is 0.407 e. The number of phenolic OH excluding ortho intramolecular Hbond substituents is 1. The van der Waals surface area contributed by atoms with Crippen molar-refractivity contribution in [1.29, 1.82) is 0 Å². The van der Waals surface area contributed by atoms with Gasteiger partial charge in [0.2, 0.25) is 29.5 Å². The molecule has 8 N–H and O–H groups in total. The number of alkyl carbamates (subject to hydrolysis) is 1. The molecule has 0 bridgehead atoms. The molecule has 0 aliphatic carbocycles. The zero-order valence-electron chi connectivity index (χ0n) is 46.7. The molecular formula is C52H88N6O20. The first kappa shape index (κ1) is 70.3. The number of amides is 6. The number of nitrogens with one attached hydrogen (secondary N) is 6. The van der Waals surface area contributed by atoms with Crippen molar-refractivity contribution in [2.45, 2.75) is 123 Å². The van der Waals surface area contributed by atoms with E-state index >= 15 is 0 Å². The normalized spacial score (nSPS) is 12.6. The molecule has 0 radical (unpaired) electrons. The molecule has 3 unspecified atom stereocenters. The summed E-state index contributed by atoms with van der Waals surface area (Å²) in [7, 11) is 0. The molecule has 1 rings (SSSR count). The second-order valence-corrected chi connectivity index (χ2v) is 19.3. The van der Waals surface area contributed by atoms with Gasteiger partial charge in [-0.3, -0.25) is 28.8 Å². The molecule has 26 heteroatoms. The smallest absolute Gasteiger partial charge is 0.407 e. The minimum absolute atomic E-state index is 0.0000381. The Morgan fingerprint density at radius 3 is 1.36 bits per heavy atom. The van der Waals surface area contributed by atoms with Crippen LogP contribution in [0.25, 0.3) is 0 Å². The van der Waals surface area contributed by atoms with Crippen molar-refractivity contribution in [3.05, 3.63) is 29.8 Å². The first-order valence-corrected chi connectivity index (χ1v) is 26.3. The lowest BCUT2D eigenvalue weighted by molar-refractivity contribution is -0.155. The van der Waals surface area contributed by atoms with Crippen molar-refractivity contribution in [1.82, 2.24) is 31.9 Å². The highest BCUT2D eigenvalue weighted by Gasteiger charge is 2.25. The highest BCUT2D eigenvalue weighted by Crippen LogP contribution is 2.18. The average Bonchev–Trinajstić information content (AvgIpc) is 3.35. The van der Waals surface area contributed by atoms with Crippen LogP contribution in [-0.4, -0.2) is 206 Å². The number of aliphatic carboxylic acids is 1. The molecule has 0 heterocycles. The number of carboxylic acids is 1. The third-order valence-electron chi connectivity index (χ3n) is 10.0. The molecule has 446 valence electrons. The summed E-state index contributed by atoms with van der Waals surface area (Å²) in [5, 5.41) is 35.1. The van der Waals surface area contributed by atoms with Gasteiger partial charge in [0.05, 0.1) is 106 Å². The van der Waals surface area contributed by atoms with Crippen LogP contribution in [0.5, 0.6) is 5.75 Å². The quantitative estimate of drug-likeness (QED) is 0.0339. The second-order valence-electron chi connectivity index (χ2n) is 19.3. The summed E-state index contributed by atoms with van der Waals surface area (Å²) in [5.41, 5.74) is -0.831. The molecule has 1 aromatic rings. The summed E-state index contributed by atoms with van der Waals surface area (Å²) < 4.78 is 54.3. The van der Waals surface area contributed by atoms with Crippen molar-refractivity contribution in [2.24, 2.45) is 0 Å². The summed E-state index contributed by atoms with van der Waals surface area (Å²) in [4.78, 5) is 97.6. The maximum absolute atomic E-state index is 13.2. The number of unbranched alkanes of at least 4 members (excludes halogenated alkanes) is 1. The third kappa shape index (κ3) is 40.5. The first-order valence-electron chi connectivity index (χ1n) is 26.3. The molecule has 0 aliphatic heterocycles. The number of hydrogen-bond donors (Lipinski definition) is 8. The first-order chi connectivity index (χ1) is 37.1. The van der Waals surface area contributed by atoms with Crippen LogP contribution < -0.4 is 31.9 Å². The largest absolute Gasteiger partial charge is 0.508 e. The van der Waals surface area contributed by atoms with Gasteiger partial charge >= 0.3 is 18.0 Å². The Morgan fingerprint density at radius 1 is 0.474 bits per heavy atom. The number of aromatic hydroxyl groups is 1. The van der Waals surface area contributed by atoms with Crippen LogP contribution >= 0.6 is 0 Å². The van der Waals surface area contributed by atoms with E-state index in [0.717, 1.165) is 0 Å². The molecule has 1 aromatic carbocycles. The second kappa shape index (κ2) is 42.2. The molecule has 0 saturated carbocycles. The Balaban J connectivity index is 2.14. The van der Waals surface area contributed by atoms with Crippen molar-refractivity contribution >= 4 is 47.6 Å². The van der Waals surface area contributed by atoms with Gasteiger partial charge in [-0.1, -0.05) is 12.1 Å². The molecule has 0 fully saturated rings. The van der Waals surface area contributed by atoms with Crippen molar-refractivity contribution < 1.29 is 95.9 Å². The number of benzene rings is 1. The van der Waals surface area contributed by atoms with E-state index in [-0.39, 0.29) is 136 Å². The average molecular weight is 1120 g/mol. The van der Waals surface area contributed by atoms with Gasteiger partial charge in [0, 0.05) is 45.8 Å². The Labute approximate surface area is 458 Å². The fraction of sp³-hybridized carbons (Fsp3) is 0.731. The van der Waals surface area contributed by atoms with Crippen LogP contribution in [0.15, 0.2) is 24.3 Å². The lowest BCUT2D eigenvalue weighted by Gasteiger charge is -2.20. The molecule has 0 aromatic heterocycles.